The summed E-state index contributed by atoms with van der Waals surface area (Å²) < 4.78 is 31.1. The molecular formula is C10H15Cl2F2N3O3. The van der Waals surface area contributed by atoms with Crippen LogP contribution in [0, 0.1) is 10.1 Å². The SMILES string of the molecule is Cl.Cl.O=[N+]([O-])c1ccc([C@H](C(F)F)N2CCNCC2)o1. The first-order valence-corrected chi connectivity index (χ1v) is 5.56. The monoisotopic (exact) mass is 333 g/mol. The van der Waals surface area contributed by atoms with Crippen LogP contribution in [0.1, 0.15) is 11.8 Å². The zero-order valence-electron chi connectivity index (χ0n) is 10.3. The van der Waals surface area contributed by atoms with Crippen molar-refractivity contribution in [1.82, 2.24) is 10.2 Å². The largest absolute Gasteiger partial charge is 0.433 e. The summed E-state index contributed by atoms with van der Waals surface area (Å²) in [6.45, 7) is 2.16. The first kappa shape index (κ1) is 19.0. The maximum Gasteiger partial charge on any atom is 0.433 e. The second-order valence-corrected chi connectivity index (χ2v) is 4.00. The summed E-state index contributed by atoms with van der Waals surface area (Å²) in [4.78, 5) is 11.3. The summed E-state index contributed by atoms with van der Waals surface area (Å²) >= 11 is 0. The number of nitro groups is 1. The lowest BCUT2D eigenvalue weighted by atomic mass is 10.1. The number of rotatable bonds is 4. The Bertz CT molecular complexity index is 428. The quantitative estimate of drug-likeness (QED) is 0.675. The Kier molecular flexibility index (Phi) is 7.95. The molecule has 0 unspecified atom stereocenters. The van der Waals surface area contributed by atoms with Gasteiger partial charge in [-0.3, -0.25) is 15.0 Å². The van der Waals surface area contributed by atoms with Crippen LogP contribution in [-0.2, 0) is 0 Å². The molecule has 1 N–H and O–H groups in total. The van der Waals surface area contributed by atoms with Gasteiger partial charge < -0.3 is 9.73 Å². The van der Waals surface area contributed by atoms with Gasteiger partial charge in [0.2, 0.25) is 0 Å². The molecule has 0 bridgehead atoms. The minimum atomic E-state index is -2.64. The Balaban J connectivity index is 0.00000180. The fourth-order valence-electron chi connectivity index (χ4n) is 2.02. The third-order valence-electron chi connectivity index (χ3n) is 2.87. The van der Waals surface area contributed by atoms with Crippen molar-refractivity contribution in [1.29, 1.82) is 0 Å². The Morgan fingerprint density at radius 3 is 2.35 bits per heavy atom. The third-order valence-corrected chi connectivity index (χ3v) is 2.87. The van der Waals surface area contributed by atoms with Gasteiger partial charge in [0.1, 0.15) is 16.7 Å². The standard InChI is InChI=1S/C10H13F2N3O3.2ClH/c11-10(12)9(14-5-3-13-4-6-14)7-1-2-8(18-7)15(16)17;;/h1-2,9-10,13H,3-6H2;2*1H/t9-;;/m1../s1. The number of nitrogens with one attached hydrogen (secondary N) is 1. The summed E-state index contributed by atoms with van der Waals surface area (Å²) in [6.07, 6.45) is -2.64. The molecule has 0 aromatic carbocycles. The number of nitrogens with zero attached hydrogens (tertiary/aromatic N) is 2. The average molecular weight is 334 g/mol. The van der Waals surface area contributed by atoms with Gasteiger partial charge in [-0.1, -0.05) is 0 Å². The zero-order valence-corrected chi connectivity index (χ0v) is 12.0. The van der Waals surface area contributed by atoms with E-state index in [9.17, 15) is 18.9 Å². The van der Waals surface area contributed by atoms with Crippen molar-refractivity contribution in [3.8, 4) is 0 Å². The van der Waals surface area contributed by atoms with Crippen molar-refractivity contribution in [2.75, 3.05) is 26.2 Å². The first-order valence-electron chi connectivity index (χ1n) is 5.56. The van der Waals surface area contributed by atoms with Crippen LogP contribution in [0.2, 0.25) is 0 Å². The smallest absolute Gasteiger partial charge is 0.404 e. The fraction of sp³-hybridized carbons (Fsp3) is 0.600. The van der Waals surface area contributed by atoms with E-state index in [0.717, 1.165) is 6.07 Å². The van der Waals surface area contributed by atoms with E-state index in [0.29, 0.717) is 26.2 Å². The van der Waals surface area contributed by atoms with Gasteiger partial charge in [0, 0.05) is 26.2 Å². The average Bonchev–Trinajstić information content (AvgIpc) is 2.79. The molecule has 1 atom stereocenters. The van der Waals surface area contributed by atoms with Gasteiger partial charge in [-0.15, -0.1) is 24.8 Å². The third kappa shape index (κ3) is 4.27. The van der Waals surface area contributed by atoms with Crippen LogP contribution in [0.5, 0.6) is 0 Å². The van der Waals surface area contributed by atoms with Gasteiger partial charge in [-0.25, -0.2) is 8.78 Å². The lowest BCUT2D eigenvalue weighted by Gasteiger charge is -2.32. The molecule has 2 heterocycles. The molecule has 10 heteroatoms. The van der Waals surface area contributed by atoms with E-state index in [1.807, 2.05) is 0 Å². The van der Waals surface area contributed by atoms with E-state index in [-0.39, 0.29) is 30.6 Å². The van der Waals surface area contributed by atoms with Crippen LogP contribution in [0.25, 0.3) is 0 Å². The lowest BCUT2D eigenvalue weighted by molar-refractivity contribution is -0.402. The maximum absolute atomic E-state index is 13.1. The molecule has 0 radical (unpaired) electrons. The van der Waals surface area contributed by atoms with Crippen molar-refractivity contribution in [3.05, 3.63) is 28.0 Å². The highest BCUT2D eigenvalue weighted by Crippen LogP contribution is 2.31. The van der Waals surface area contributed by atoms with Crippen molar-refractivity contribution in [3.63, 3.8) is 0 Å². The molecule has 1 aliphatic rings. The van der Waals surface area contributed by atoms with Crippen LogP contribution in [0.3, 0.4) is 0 Å². The highest BCUT2D eigenvalue weighted by atomic mass is 35.5. The molecule has 6 nitrogen and oxygen atoms in total. The number of halogens is 4. The van der Waals surface area contributed by atoms with Crippen LogP contribution in [-0.4, -0.2) is 42.4 Å². The van der Waals surface area contributed by atoms with Crippen molar-refractivity contribution < 1.29 is 18.1 Å². The van der Waals surface area contributed by atoms with Crippen LogP contribution in [0.4, 0.5) is 14.7 Å². The molecule has 0 amide bonds. The number of furan rings is 1. The van der Waals surface area contributed by atoms with Crippen molar-refractivity contribution >= 4 is 30.7 Å². The number of hydrogen-bond acceptors (Lipinski definition) is 5. The molecule has 1 fully saturated rings. The minimum Gasteiger partial charge on any atom is -0.404 e. The Hall–Kier alpha value is -0.960. The predicted octanol–water partition coefficient (Wildman–Crippen LogP) is 2.24. The van der Waals surface area contributed by atoms with E-state index < -0.39 is 23.3 Å². The first-order chi connectivity index (χ1) is 8.59. The Morgan fingerprint density at radius 1 is 1.30 bits per heavy atom. The molecule has 1 aliphatic heterocycles. The van der Waals surface area contributed by atoms with Crippen LogP contribution in [0.15, 0.2) is 16.5 Å². The summed E-state index contributed by atoms with van der Waals surface area (Å²) in [5.74, 6) is -0.565. The second-order valence-electron chi connectivity index (χ2n) is 4.00. The number of piperazine rings is 1. The molecule has 1 aromatic rings. The molecule has 1 saturated heterocycles. The van der Waals surface area contributed by atoms with Gasteiger partial charge >= 0.3 is 5.88 Å². The zero-order chi connectivity index (χ0) is 13.1. The molecule has 1 aromatic heterocycles. The minimum absolute atomic E-state index is 0. The van der Waals surface area contributed by atoms with Crippen molar-refractivity contribution in [2.45, 2.75) is 12.5 Å². The van der Waals surface area contributed by atoms with E-state index in [2.05, 4.69) is 5.32 Å². The predicted molar refractivity (Wildman–Crippen MR) is 73.0 cm³/mol. The van der Waals surface area contributed by atoms with E-state index in [1.165, 1.54) is 6.07 Å². The van der Waals surface area contributed by atoms with Gasteiger partial charge in [0.05, 0.1) is 6.07 Å². The van der Waals surface area contributed by atoms with Gasteiger partial charge in [-0.2, -0.15) is 0 Å². The summed E-state index contributed by atoms with van der Waals surface area (Å²) in [5, 5.41) is 13.5. The molecule has 20 heavy (non-hydrogen) atoms. The summed E-state index contributed by atoms with van der Waals surface area (Å²) in [6, 6.07) is 1.13. The maximum atomic E-state index is 13.1. The Labute approximate surface area is 126 Å². The molecule has 2 rings (SSSR count). The Morgan fingerprint density at radius 2 is 1.90 bits per heavy atom. The van der Waals surface area contributed by atoms with E-state index in [4.69, 9.17) is 4.42 Å². The molecular weight excluding hydrogens is 319 g/mol. The summed E-state index contributed by atoms with van der Waals surface area (Å²) in [5.41, 5.74) is 0. The topological polar surface area (TPSA) is 71.6 Å². The number of alkyl halides is 2. The highest BCUT2D eigenvalue weighted by molar-refractivity contribution is 5.85. The van der Waals surface area contributed by atoms with Gasteiger partial charge in [-0.05, 0) is 6.07 Å². The van der Waals surface area contributed by atoms with Crippen LogP contribution < -0.4 is 5.32 Å². The van der Waals surface area contributed by atoms with E-state index in [1.54, 1.807) is 4.90 Å². The molecule has 116 valence electrons. The summed E-state index contributed by atoms with van der Waals surface area (Å²) in [7, 11) is 0. The highest BCUT2D eigenvalue weighted by Gasteiger charge is 2.33. The van der Waals surface area contributed by atoms with E-state index >= 15 is 0 Å². The molecule has 0 saturated carbocycles. The second kappa shape index (κ2) is 8.35. The van der Waals surface area contributed by atoms with Gasteiger partial charge in [0.15, 0.2) is 0 Å². The normalized spacial score (nSPS) is 17.1. The fourth-order valence-corrected chi connectivity index (χ4v) is 2.02. The number of hydrogen-bond donors (Lipinski definition) is 1. The molecule has 0 aliphatic carbocycles. The van der Waals surface area contributed by atoms with Crippen LogP contribution >= 0.6 is 24.8 Å². The lowest BCUT2D eigenvalue weighted by Crippen LogP contribution is -2.46. The van der Waals surface area contributed by atoms with Crippen molar-refractivity contribution in [2.24, 2.45) is 0 Å². The van der Waals surface area contributed by atoms with Gasteiger partial charge in [0.25, 0.3) is 6.43 Å². The molecule has 0 spiro atoms.